The lowest BCUT2D eigenvalue weighted by Crippen LogP contribution is -2.38. The average molecular weight is 451 g/mol. The van der Waals surface area contributed by atoms with Crippen LogP contribution < -0.4 is 14.2 Å². The number of ether oxygens (including phenoxy) is 4. The standard InChI is InChI=1S/C26H30N2O5/c1-3-32-21-6-4-5-19(13-21)14-24-23-16-25(30-2)26(15-22(23)20(18-29)17-27-24)33-12-9-28-7-10-31-11-8-28/h4-6,13,15-18H,3,7-12,14H2,1-2H3. The van der Waals surface area contributed by atoms with Crippen molar-refractivity contribution in [2.24, 2.45) is 0 Å². The van der Waals surface area contributed by atoms with Gasteiger partial charge in [-0.2, -0.15) is 0 Å². The number of rotatable bonds is 10. The molecule has 1 fully saturated rings. The predicted octanol–water partition coefficient (Wildman–Crippen LogP) is 3.76. The zero-order valence-electron chi connectivity index (χ0n) is 19.2. The maximum atomic E-state index is 11.7. The van der Waals surface area contributed by atoms with Gasteiger partial charge in [0, 0.05) is 43.2 Å². The molecule has 2 aromatic carbocycles. The highest BCUT2D eigenvalue weighted by molar-refractivity contribution is 6.00. The van der Waals surface area contributed by atoms with Crippen molar-refractivity contribution in [3.05, 3.63) is 59.4 Å². The van der Waals surface area contributed by atoms with Gasteiger partial charge in [-0.25, -0.2) is 0 Å². The van der Waals surface area contributed by atoms with Crippen molar-refractivity contribution >= 4 is 17.1 Å². The molecule has 0 aliphatic carbocycles. The van der Waals surface area contributed by atoms with Gasteiger partial charge in [0.25, 0.3) is 0 Å². The molecule has 33 heavy (non-hydrogen) atoms. The van der Waals surface area contributed by atoms with Crippen LogP contribution in [-0.2, 0) is 11.2 Å². The highest BCUT2D eigenvalue weighted by Crippen LogP contribution is 2.35. The first-order chi connectivity index (χ1) is 16.2. The number of pyridine rings is 1. The molecule has 0 unspecified atom stereocenters. The Morgan fingerprint density at radius 1 is 1.09 bits per heavy atom. The summed E-state index contributed by atoms with van der Waals surface area (Å²) in [6.07, 6.45) is 3.07. The Bertz CT molecular complexity index is 1100. The molecule has 1 aromatic heterocycles. The van der Waals surface area contributed by atoms with Crippen molar-refractivity contribution in [1.82, 2.24) is 9.88 Å². The van der Waals surface area contributed by atoms with E-state index in [9.17, 15) is 4.79 Å². The molecule has 1 saturated heterocycles. The first-order valence-electron chi connectivity index (χ1n) is 11.3. The summed E-state index contributed by atoms with van der Waals surface area (Å²) in [7, 11) is 1.62. The zero-order valence-corrected chi connectivity index (χ0v) is 19.2. The third-order valence-corrected chi connectivity index (χ3v) is 5.76. The largest absolute Gasteiger partial charge is 0.494 e. The second-order valence-electron chi connectivity index (χ2n) is 7.89. The molecule has 4 rings (SSSR count). The molecule has 0 bridgehead atoms. The van der Waals surface area contributed by atoms with Crippen LogP contribution in [0.2, 0.25) is 0 Å². The average Bonchev–Trinajstić information content (AvgIpc) is 2.85. The first-order valence-corrected chi connectivity index (χ1v) is 11.3. The maximum Gasteiger partial charge on any atom is 0.161 e. The first kappa shape index (κ1) is 23.0. The van der Waals surface area contributed by atoms with Gasteiger partial charge in [-0.15, -0.1) is 0 Å². The summed E-state index contributed by atoms with van der Waals surface area (Å²) in [5.41, 5.74) is 2.47. The van der Waals surface area contributed by atoms with Crippen molar-refractivity contribution in [2.75, 3.05) is 53.2 Å². The van der Waals surface area contributed by atoms with E-state index in [-0.39, 0.29) is 0 Å². The minimum absolute atomic E-state index is 0.525. The Kier molecular flexibility index (Phi) is 7.75. The third kappa shape index (κ3) is 5.61. The van der Waals surface area contributed by atoms with Crippen molar-refractivity contribution in [1.29, 1.82) is 0 Å². The van der Waals surface area contributed by atoms with Gasteiger partial charge in [-0.3, -0.25) is 14.7 Å². The lowest BCUT2D eigenvalue weighted by Gasteiger charge is -2.26. The molecule has 7 nitrogen and oxygen atoms in total. The number of hydrogen-bond donors (Lipinski definition) is 0. The second-order valence-corrected chi connectivity index (χ2v) is 7.89. The molecule has 1 aliphatic rings. The van der Waals surface area contributed by atoms with E-state index < -0.39 is 0 Å². The van der Waals surface area contributed by atoms with Crippen molar-refractivity contribution in [2.45, 2.75) is 13.3 Å². The van der Waals surface area contributed by atoms with E-state index in [0.29, 0.717) is 36.7 Å². The summed E-state index contributed by atoms with van der Waals surface area (Å²) in [5.74, 6) is 2.08. The SMILES string of the molecule is CCOc1cccc(Cc2ncc(C=O)c3cc(OCCN4CCOCC4)c(OC)cc23)c1. The van der Waals surface area contributed by atoms with Gasteiger partial charge in [0.15, 0.2) is 17.8 Å². The van der Waals surface area contributed by atoms with E-state index >= 15 is 0 Å². The highest BCUT2D eigenvalue weighted by Gasteiger charge is 2.16. The number of carbonyl (C=O) groups is 1. The van der Waals surface area contributed by atoms with Crippen LogP contribution in [0.5, 0.6) is 17.2 Å². The molecule has 0 spiro atoms. The minimum Gasteiger partial charge on any atom is -0.494 e. The van der Waals surface area contributed by atoms with E-state index in [2.05, 4.69) is 9.88 Å². The summed E-state index contributed by atoms with van der Waals surface area (Å²) < 4.78 is 22.7. The van der Waals surface area contributed by atoms with E-state index in [0.717, 1.165) is 66.9 Å². The fourth-order valence-electron chi connectivity index (χ4n) is 4.05. The summed E-state index contributed by atoms with van der Waals surface area (Å²) >= 11 is 0. The summed E-state index contributed by atoms with van der Waals surface area (Å²) in [6.45, 7) is 7.25. The summed E-state index contributed by atoms with van der Waals surface area (Å²) in [4.78, 5) is 18.6. The van der Waals surface area contributed by atoms with Crippen LogP contribution in [0.15, 0.2) is 42.6 Å². The quantitative estimate of drug-likeness (QED) is 0.436. The van der Waals surface area contributed by atoms with Gasteiger partial charge in [0.1, 0.15) is 12.4 Å². The molecule has 0 saturated carbocycles. The van der Waals surface area contributed by atoms with E-state index in [4.69, 9.17) is 18.9 Å². The molecule has 7 heteroatoms. The minimum atomic E-state index is 0.525. The lowest BCUT2D eigenvalue weighted by atomic mass is 10.00. The number of aromatic nitrogens is 1. The Labute approximate surface area is 194 Å². The molecule has 3 aromatic rings. The van der Waals surface area contributed by atoms with Crippen LogP contribution in [-0.4, -0.2) is 69.3 Å². The number of fused-ring (bicyclic) bond motifs is 1. The second kappa shape index (κ2) is 11.1. The molecular formula is C26H30N2O5. The number of methoxy groups -OCH3 is 1. The zero-order chi connectivity index (χ0) is 23.0. The molecule has 1 aliphatic heterocycles. The van der Waals surface area contributed by atoms with Crippen molar-refractivity contribution in [3.63, 3.8) is 0 Å². The van der Waals surface area contributed by atoms with Crippen molar-refractivity contribution in [3.8, 4) is 17.2 Å². The topological polar surface area (TPSA) is 70.1 Å². The normalized spacial score (nSPS) is 14.2. The fourth-order valence-corrected chi connectivity index (χ4v) is 4.05. The van der Waals surface area contributed by atoms with Gasteiger partial charge in [0.05, 0.1) is 32.6 Å². The van der Waals surface area contributed by atoms with Crippen LogP contribution >= 0.6 is 0 Å². The Morgan fingerprint density at radius 3 is 2.67 bits per heavy atom. The van der Waals surface area contributed by atoms with Crippen LogP contribution in [0, 0.1) is 0 Å². The molecule has 0 amide bonds. The molecule has 174 valence electrons. The Balaban J connectivity index is 1.61. The van der Waals surface area contributed by atoms with E-state index in [1.54, 1.807) is 13.3 Å². The number of benzene rings is 2. The van der Waals surface area contributed by atoms with Gasteiger partial charge in [0.2, 0.25) is 0 Å². The van der Waals surface area contributed by atoms with Crippen LogP contribution in [0.25, 0.3) is 10.8 Å². The van der Waals surface area contributed by atoms with Crippen LogP contribution in [0.1, 0.15) is 28.5 Å². The molecule has 0 N–H and O–H groups in total. The summed E-state index contributed by atoms with van der Waals surface area (Å²) in [6, 6.07) is 11.8. The van der Waals surface area contributed by atoms with Gasteiger partial charge < -0.3 is 18.9 Å². The third-order valence-electron chi connectivity index (χ3n) is 5.76. The van der Waals surface area contributed by atoms with E-state index in [1.807, 2.05) is 43.3 Å². The fraction of sp³-hybridized carbons (Fsp3) is 0.385. The monoisotopic (exact) mass is 450 g/mol. The molecule has 2 heterocycles. The molecule has 0 radical (unpaired) electrons. The number of aldehydes is 1. The number of morpholine rings is 1. The smallest absolute Gasteiger partial charge is 0.161 e. The maximum absolute atomic E-state index is 11.7. The molecular weight excluding hydrogens is 420 g/mol. The van der Waals surface area contributed by atoms with Gasteiger partial charge in [-0.05, 0) is 42.1 Å². The number of hydrogen-bond acceptors (Lipinski definition) is 7. The van der Waals surface area contributed by atoms with E-state index in [1.165, 1.54) is 0 Å². The lowest BCUT2D eigenvalue weighted by molar-refractivity contribution is 0.0321. The van der Waals surface area contributed by atoms with Gasteiger partial charge in [-0.1, -0.05) is 12.1 Å². The Hall–Kier alpha value is -3.16. The Morgan fingerprint density at radius 2 is 1.91 bits per heavy atom. The molecule has 0 atom stereocenters. The predicted molar refractivity (Wildman–Crippen MR) is 127 cm³/mol. The summed E-state index contributed by atoms with van der Waals surface area (Å²) in [5, 5.41) is 1.68. The van der Waals surface area contributed by atoms with Crippen molar-refractivity contribution < 1.29 is 23.7 Å². The highest BCUT2D eigenvalue weighted by atomic mass is 16.5. The van der Waals surface area contributed by atoms with Gasteiger partial charge >= 0.3 is 0 Å². The van der Waals surface area contributed by atoms with Crippen LogP contribution in [0.4, 0.5) is 0 Å². The number of nitrogens with zero attached hydrogens (tertiary/aromatic N) is 2. The number of carbonyl (C=O) groups excluding carboxylic acids is 1. The van der Waals surface area contributed by atoms with Crippen LogP contribution in [0.3, 0.4) is 0 Å².